The standard InChI is InChI=1S/C23H23N3O3/c24-14-16-3-5-18(6-4-16)23(28)26-13-1-2-20(26)15-29-21-11-7-17(8-12-21)22(27)25-19-9-10-19/h3-8,11-12,19-20H,1-2,9-10,13,15H2,(H,25,27). The largest absolute Gasteiger partial charge is 0.491 e. The molecule has 0 bridgehead atoms. The molecule has 6 nitrogen and oxygen atoms in total. The Morgan fingerprint density at radius 3 is 2.38 bits per heavy atom. The fraction of sp³-hybridized carbons (Fsp3) is 0.348. The van der Waals surface area contributed by atoms with Gasteiger partial charge in [0.05, 0.1) is 17.7 Å². The summed E-state index contributed by atoms with van der Waals surface area (Å²) in [5.74, 6) is 0.604. The highest BCUT2D eigenvalue weighted by atomic mass is 16.5. The molecular weight excluding hydrogens is 366 g/mol. The molecule has 0 spiro atoms. The quantitative estimate of drug-likeness (QED) is 0.823. The van der Waals surface area contributed by atoms with E-state index in [1.54, 1.807) is 48.5 Å². The van der Waals surface area contributed by atoms with E-state index >= 15 is 0 Å². The van der Waals surface area contributed by atoms with E-state index in [1.165, 1.54) is 0 Å². The minimum Gasteiger partial charge on any atom is -0.491 e. The molecule has 148 valence electrons. The second-order valence-corrected chi connectivity index (χ2v) is 7.57. The van der Waals surface area contributed by atoms with Gasteiger partial charge in [0.2, 0.25) is 0 Å². The van der Waals surface area contributed by atoms with Crippen LogP contribution in [0.4, 0.5) is 0 Å². The zero-order valence-electron chi connectivity index (χ0n) is 16.1. The normalized spacial score (nSPS) is 18.2. The highest BCUT2D eigenvalue weighted by molar-refractivity contribution is 5.95. The first-order valence-corrected chi connectivity index (χ1v) is 9.99. The first kappa shape index (κ1) is 19.0. The van der Waals surface area contributed by atoms with Crippen molar-refractivity contribution in [2.75, 3.05) is 13.2 Å². The van der Waals surface area contributed by atoms with Crippen molar-refractivity contribution < 1.29 is 14.3 Å². The average Bonchev–Trinajstić information content (AvgIpc) is 3.45. The van der Waals surface area contributed by atoms with Crippen molar-refractivity contribution in [3.8, 4) is 11.8 Å². The Kier molecular flexibility index (Phi) is 5.48. The molecule has 1 heterocycles. The molecule has 2 aliphatic rings. The van der Waals surface area contributed by atoms with Gasteiger partial charge in [-0.05, 0) is 74.2 Å². The first-order chi connectivity index (χ1) is 14.1. The summed E-state index contributed by atoms with van der Waals surface area (Å²) in [4.78, 5) is 26.7. The number of nitriles is 1. The molecule has 4 rings (SSSR count). The molecule has 6 heteroatoms. The maximum Gasteiger partial charge on any atom is 0.254 e. The molecule has 1 atom stereocenters. The third-order valence-corrected chi connectivity index (χ3v) is 5.37. The van der Waals surface area contributed by atoms with Gasteiger partial charge in [0.15, 0.2) is 0 Å². The van der Waals surface area contributed by atoms with Crippen LogP contribution in [0, 0.1) is 11.3 Å². The Morgan fingerprint density at radius 2 is 1.72 bits per heavy atom. The number of nitrogens with zero attached hydrogens (tertiary/aromatic N) is 2. The Morgan fingerprint density at radius 1 is 1.03 bits per heavy atom. The van der Waals surface area contributed by atoms with Crippen molar-refractivity contribution in [1.82, 2.24) is 10.2 Å². The van der Waals surface area contributed by atoms with Gasteiger partial charge in [0, 0.05) is 23.7 Å². The highest BCUT2D eigenvalue weighted by Gasteiger charge is 2.30. The van der Waals surface area contributed by atoms with Crippen LogP contribution in [0.25, 0.3) is 0 Å². The average molecular weight is 389 g/mol. The molecule has 2 fully saturated rings. The molecular formula is C23H23N3O3. The number of likely N-dealkylation sites (tertiary alicyclic amines) is 1. The molecule has 1 unspecified atom stereocenters. The summed E-state index contributed by atoms with van der Waals surface area (Å²) in [6.45, 7) is 1.11. The van der Waals surface area contributed by atoms with Crippen LogP contribution < -0.4 is 10.1 Å². The summed E-state index contributed by atoms with van der Waals surface area (Å²) in [5, 5.41) is 11.9. The SMILES string of the molecule is N#Cc1ccc(C(=O)N2CCCC2COc2ccc(C(=O)NC3CC3)cc2)cc1. The Hall–Kier alpha value is -3.33. The lowest BCUT2D eigenvalue weighted by Gasteiger charge is -2.25. The number of nitrogens with one attached hydrogen (secondary N) is 1. The zero-order valence-corrected chi connectivity index (χ0v) is 16.1. The fourth-order valence-corrected chi connectivity index (χ4v) is 3.52. The van der Waals surface area contributed by atoms with Crippen LogP contribution in [-0.4, -0.2) is 41.9 Å². The third-order valence-electron chi connectivity index (χ3n) is 5.37. The number of benzene rings is 2. The lowest BCUT2D eigenvalue weighted by atomic mass is 10.1. The van der Waals surface area contributed by atoms with E-state index in [-0.39, 0.29) is 17.9 Å². The molecule has 0 radical (unpaired) electrons. The van der Waals surface area contributed by atoms with Crippen molar-refractivity contribution >= 4 is 11.8 Å². The molecule has 1 saturated heterocycles. The number of carbonyl (C=O) groups excluding carboxylic acids is 2. The van der Waals surface area contributed by atoms with E-state index in [9.17, 15) is 9.59 Å². The van der Waals surface area contributed by atoms with E-state index < -0.39 is 0 Å². The van der Waals surface area contributed by atoms with E-state index in [0.29, 0.717) is 41.6 Å². The van der Waals surface area contributed by atoms with Gasteiger partial charge >= 0.3 is 0 Å². The van der Waals surface area contributed by atoms with Gasteiger partial charge in [-0.3, -0.25) is 9.59 Å². The molecule has 2 aromatic rings. The molecule has 2 amide bonds. The second kappa shape index (κ2) is 8.36. The van der Waals surface area contributed by atoms with Crippen LogP contribution in [0.15, 0.2) is 48.5 Å². The van der Waals surface area contributed by atoms with Crippen molar-refractivity contribution in [3.05, 3.63) is 65.2 Å². The molecule has 29 heavy (non-hydrogen) atoms. The summed E-state index contributed by atoms with van der Waals surface area (Å²) in [5.41, 5.74) is 1.75. The van der Waals surface area contributed by atoms with Gasteiger partial charge in [0.25, 0.3) is 11.8 Å². The minimum atomic E-state index is -0.0472. The molecule has 1 aliphatic carbocycles. The first-order valence-electron chi connectivity index (χ1n) is 9.99. The topological polar surface area (TPSA) is 82.4 Å². The predicted molar refractivity (Wildman–Crippen MR) is 108 cm³/mol. The van der Waals surface area contributed by atoms with Crippen LogP contribution >= 0.6 is 0 Å². The number of ether oxygens (including phenoxy) is 1. The van der Waals surface area contributed by atoms with Crippen molar-refractivity contribution in [2.24, 2.45) is 0 Å². The van der Waals surface area contributed by atoms with Gasteiger partial charge < -0.3 is 15.0 Å². The maximum atomic E-state index is 12.8. The molecule has 1 aliphatic heterocycles. The molecule has 2 aromatic carbocycles. The van der Waals surface area contributed by atoms with Gasteiger partial charge in [-0.15, -0.1) is 0 Å². The predicted octanol–water partition coefficient (Wildman–Crippen LogP) is 3.13. The monoisotopic (exact) mass is 389 g/mol. The summed E-state index contributed by atoms with van der Waals surface area (Å²) in [6.07, 6.45) is 3.96. The number of carbonyl (C=O) groups is 2. The number of amides is 2. The zero-order chi connectivity index (χ0) is 20.2. The van der Waals surface area contributed by atoms with E-state index in [2.05, 4.69) is 11.4 Å². The Labute approximate surface area is 170 Å². The van der Waals surface area contributed by atoms with E-state index in [4.69, 9.17) is 10.00 Å². The third kappa shape index (κ3) is 4.57. The van der Waals surface area contributed by atoms with Crippen LogP contribution in [0.3, 0.4) is 0 Å². The van der Waals surface area contributed by atoms with Crippen LogP contribution in [0.1, 0.15) is 52.0 Å². The second-order valence-electron chi connectivity index (χ2n) is 7.57. The van der Waals surface area contributed by atoms with Crippen LogP contribution in [0.5, 0.6) is 5.75 Å². The van der Waals surface area contributed by atoms with E-state index in [1.807, 2.05) is 4.90 Å². The van der Waals surface area contributed by atoms with E-state index in [0.717, 1.165) is 25.7 Å². The van der Waals surface area contributed by atoms with Crippen molar-refractivity contribution in [2.45, 2.75) is 37.8 Å². The Bertz CT molecular complexity index is 927. The van der Waals surface area contributed by atoms with Crippen LogP contribution in [-0.2, 0) is 0 Å². The van der Waals surface area contributed by atoms with Gasteiger partial charge in [-0.2, -0.15) is 5.26 Å². The molecule has 1 saturated carbocycles. The molecule has 1 N–H and O–H groups in total. The lowest BCUT2D eigenvalue weighted by molar-refractivity contribution is 0.0691. The van der Waals surface area contributed by atoms with Crippen LogP contribution in [0.2, 0.25) is 0 Å². The maximum absolute atomic E-state index is 12.8. The fourth-order valence-electron chi connectivity index (χ4n) is 3.52. The van der Waals surface area contributed by atoms with Gasteiger partial charge in [0.1, 0.15) is 12.4 Å². The minimum absolute atomic E-state index is 0.0102. The van der Waals surface area contributed by atoms with Crippen molar-refractivity contribution in [3.63, 3.8) is 0 Å². The summed E-state index contributed by atoms with van der Waals surface area (Å²) >= 11 is 0. The number of hydrogen-bond acceptors (Lipinski definition) is 4. The summed E-state index contributed by atoms with van der Waals surface area (Å²) in [6, 6.07) is 16.2. The number of hydrogen-bond donors (Lipinski definition) is 1. The van der Waals surface area contributed by atoms with Crippen molar-refractivity contribution in [1.29, 1.82) is 5.26 Å². The highest BCUT2D eigenvalue weighted by Crippen LogP contribution is 2.23. The van der Waals surface area contributed by atoms with Gasteiger partial charge in [-0.1, -0.05) is 0 Å². The van der Waals surface area contributed by atoms with Gasteiger partial charge in [-0.25, -0.2) is 0 Å². The lowest BCUT2D eigenvalue weighted by Crippen LogP contribution is -2.39. The Balaban J connectivity index is 1.34. The smallest absolute Gasteiger partial charge is 0.254 e. The summed E-state index contributed by atoms with van der Waals surface area (Å²) < 4.78 is 5.90. The summed E-state index contributed by atoms with van der Waals surface area (Å²) in [7, 11) is 0. The number of rotatable bonds is 6. The molecule has 0 aromatic heterocycles.